The molecule has 3 saturated carbocycles. The van der Waals surface area contributed by atoms with Gasteiger partial charge in [0.25, 0.3) is 0 Å². The summed E-state index contributed by atoms with van der Waals surface area (Å²) >= 11 is 0. The molecule has 39 heavy (non-hydrogen) atoms. The number of methoxy groups -OCH3 is 1. The summed E-state index contributed by atoms with van der Waals surface area (Å²) in [7, 11) is 0.850. The van der Waals surface area contributed by atoms with Crippen LogP contribution >= 0.6 is 0 Å². The van der Waals surface area contributed by atoms with Gasteiger partial charge in [-0.05, 0) is 90.2 Å². The van der Waals surface area contributed by atoms with Crippen molar-refractivity contribution in [2.24, 2.45) is 17.3 Å². The van der Waals surface area contributed by atoms with Gasteiger partial charge in [-0.25, -0.2) is 14.0 Å². The van der Waals surface area contributed by atoms with Gasteiger partial charge in [0, 0.05) is 13.5 Å². The van der Waals surface area contributed by atoms with E-state index in [-0.39, 0.29) is 23.7 Å². The maximum atomic E-state index is 15.1. The first kappa shape index (κ1) is 29.8. The van der Waals surface area contributed by atoms with Crippen molar-refractivity contribution in [1.29, 1.82) is 0 Å². The minimum atomic E-state index is -1.07. The molecular weight excluding hydrogens is 506 g/mol. The predicted octanol–water partition coefficient (Wildman–Crippen LogP) is 5.92. The van der Waals surface area contributed by atoms with Gasteiger partial charge in [-0.2, -0.15) is 0 Å². The fourth-order valence-electron chi connectivity index (χ4n) is 6.32. The molecule has 1 aromatic rings. The van der Waals surface area contributed by atoms with Crippen LogP contribution in [0.15, 0.2) is 12.1 Å². The van der Waals surface area contributed by atoms with Crippen LogP contribution in [-0.4, -0.2) is 55.3 Å². The number of benzene rings is 1. The highest BCUT2D eigenvalue weighted by atomic mass is 19.1. The van der Waals surface area contributed by atoms with Gasteiger partial charge in [-0.1, -0.05) is 19.9 Å². The van der Waals surface area contributed by atoms with E-state index in [1.54, 1.807) is 41.5 Å². The molecule has 2 bridgehead atoms. The third-order valence-corrected chi connectivity index (χ3v) is 8.36. The molecule has 1 unspecified atom stereocenters. The number of halogens is 1. The summed E-state index contributed by atoms with van der Waals surface area (Å²) in [6.45, 7) is 16.7. The lowest BCUT2D eigenvalue weighted by Crippen LogP contribution is -2.65. The minimum Gasteiger partial charge on any atom is -0.456 e. The Morgan fingerprint density at radius 3 is 2.28 bits per heavy atom. The minimum absolute atomic E-state index is 0.0556. The molecule has 3 aliphatic carbocycles. The molecule has 5 rings (SSSR count). The van der Waals surface area contributed by atoms with Crippen molar-refractivity contribution in [3.8, 4) is 5.75 Å². The van der Waals surface area contributed by atoms with E-state index in [0.29, 0.717) is 17.4 Å². The molecule has 0 aromatic heterocycles. The second-order valence-corrected chi connectivity index (χ2v) is 13.8. The zero-order valence-electron chi connectivity index (χ0n) is 24.8. The third-order valence-electron chi connectivity index (χ3n) is 8.36. The molecule has 8 nitrogen and oxygen atoms in total. The number of ether oxygens (including phenoxy) is 4. The first-order valence-corrected chi connectivity index (χ1v) is 13.7. The Kier molecular flexibility index (Phi) is 7.67. The van der Waals surface area contributed by atoms with Gasteiger partial charge in [0.15, 0.2) is 5.75 Å². The summed E-state index contributed by atoms with van der Waals surface area (Å²) in [6, 6.07) is 1.99. The quantitative estimate of drug-likeness (QED) is 0.246. The molecule has 216 valence electrons. The molecule has 1 aromatic carbocycles. The van der Waals surface area contributed by atoms with Crippen LogP contribution in [0.3, 0.4) is 0 Å². The van der Waals surface area contributed by atoms with E-state index in [1.165, 1.54) is 13.2 Å². The summed E-state index contributed by atoms with van der Waals surface area (Å²) in [5, 5.41) is 0. The summed E-state index contributed by atoms with van der Waals surface area (Å²) in [5.41, 5.74) is -2.16. The molecule has 4 aliphatic rings. The fourth-order valence-corrected chi connectivity index (χ4v) is 6.32. The van der Waals surface area contributed by atoms with Crippen molar-refractivity contribution in [1.82, 2.24) is 0 Å². The smallest absolute Gasteiger partial charge is 0.456 e. The SMILES string of the molecule is CO[C@@H](Cc1ccc(F)c(C(=O)OC(C)(C)C)c1OC(=O)OC(C)(C)C)B1OC2C[C@@H]3C[C@@H](C3(C)C)[C@]2(C)O1. The zero-order valence-corrected chi connectivity index (χ0v) is 24.8. The molecule has 0 spiro atoms. The average Bonchev–Trinajstić information content (AvgIpc) is 3.12. The fraction of sp³-hybridized carbons (Fsp3) is 0.724. The lowest BCUT2D eigenvalue weighted by atomic mass is 9.43. The molecular formula is C29H42BFO8. The second-order valence-electron chi connectivity index (χ2n) is 13.8. The van der Waals surface area contributed by atoms with Crippen molar-refractivity contribution >= 4 is 19.2 Å². The Labute approximate surface area is 231 Å². The van der Waals surface area contributed by atoms with Crippen LogP contribution in [0.4, 0.5) is 9.18 Å². The van der Waals surface area contributed by atoms with E-state index in [2.05, 4.69) is 20.8 Å². The van der Waals surface area contributed by atoms with Crippen LogP contribution in [0.2, 0.25) is 0 Å². The number of carbonyl (C=O) groups excluding carboxylic acids is 2. The second kappa shape index (κ2) is 10.0. The topological polar surface area (TPSA) is 89.5 Å². The Balaban J connectivity index is 1.64. The van der Waals surface area contributed by atoms with E-state index in [4.69, 9.17) is 28.3 Å². The molecule has 5 atom stereocenters. The van der Waals surface area contributed by atoms with E-state index < -0.39 is 53.4 Å². The highest BCUT2D eigenvalue weighted by Gasteiger charge is 2.68. The van der Waals surface area contributed by atoms with Gasteiger partial charge in [0.05, 0.1) is 17.7 Å². The lowest BCUT2D eigenvalue weighted by molar-refractivity contribution is -0.199. The normalized spacial score (nSPS) is 28.3. The molecule has 1 heterocycles. The summed E-state index contributed by atoms with van der Waals surface area (Å²) < 4.78 is 50.1. The van der Waals surface area contributed by atoms with Crippen LogP contribution in [0, 0.1) is 23.1 Å². The zero-order chi connectivity index (χ0) is 29.1. The van der Waals surface area contributed by atoms with Crippen LogP contribution < -0.4 is 4.74 Å². The van der Waals surface area contributed by atoms with Crippen LogP contribution in [0.5, 0.6) is 5.75 Å². The standard InChI is InChI=1S/C29H42BFO8/c1-26(2,3)36-24(32)22-18(31)12-11-16(23(22)35-25(33)37-27(4,5)6)13-21(34-10)30-38-20-15-17-14-19(28(17,7)8)29(20,9)39-30/h11-12,17,19-21H,13-15H2,1-10H3/t17-,19-,20?,21-,29-/m0/s1. The van der Waals surface area contributed by atoms with Crippen molar-refractivity contribution in [3.05, 3.63) is 29.1 Å². The van der Waals surface area contributed by atoms with Crippen molar-refractivity contribution in [2.75, 3.05) is 7.11 Å². The maximum absolute atomic E-state index is 15.1. The van der Waals surface area contributed by atoms with Crippen molar-refractivity contribution in [2.45, 2.75) is 110 Å². The summed E-state index contributed by atoms with van der Waals surface area (Å²) in [6.07, 6.45) is 1.02. The number of carbonyl (C=O) groups is 2. The molecule has 0 N–H and O–H groups in total. The maximum Gasteiger partial charge on any atom is 0.514 e. The third kappa shape index (κ3) is 5.84. The summed E-state index contributed by atoms with van der Waals surface area (Å²) in [4.78, 5) is 25.7. The van der Waals surface area contributed by atoms with E-state index in [0.717, 1.165) is 18.9 Å². The van der Waals surface area contributed by atoms with Gasteiger partial charge in [-0.15, -0.1) is 0 Å². The van der Waals surface area contributed by atoms with Crippen LogP contribution in [0.25, 0.3) is 0 Å². The Morgan fingerprint density at radius 2 is 1.72 bits per heavy atom. The number of hydrogen-bond donors (Lipinski definition) is 0. The lowest BCUT2D eigenvalue weighted by Gasteiger charge is -2.64. The Hall–Kier alpha value is -2.17. The number of hydrogen-bond acceptors (Lipinski definition) is 8. The van der Waals surface area contributed by atoms with Crippen molar-refractivity contribution < 1.29 is 42.2 Å². The van der Waals surface area contributed by atoms with E-state index in [1.807, 2.05) is 0 Å². The number of rotatable bonds is 6. The molecule has 4 fully saturated rings. The van der Waals surface area contributed by atoms with Gasteiger partial charge in [-0.3, -0.25) is 0 Å². The van der Waals surface area contributed by atoms with Crippen LogP contribution in [0.1, 0.15) is 91.1 Å². The van der Waals surface area contributed by atoms with Crippen LogP contribution in [-0.2, 0) is 29.9 Å². The van der Waals surface area contributed by atoms with Crippen molar-refractivity contribution in [3.63, 3.8) is 0 Å². The van der Waals surface area contributed by atoms with E-state index >= 15 is 4.39 Å². The average molecular weight is 548 g/mol. The van der Waals surface area contributed by atoms with Gasteiger partial charge in [0.1, 0.15) is 22.6 Å². The Bertz CT molecular complexity index is 1120. The highest BCUT2D eigenvalue weighted by molar-refractivity contribution is 6.47. The molecule has 10 heteroatoms. The molecule has 1 saturated heterocycles. The number of esters is 1. The van der Waals surface area contributed by atoms with Gasteiger partial charge >= 0.3 is 19.2 Å². The Morgan fingerprint density at radius 1 is 1.08 bits per heavy atom. The largest absolute Gasteiger partial charge is 0.514 e. The van der Waals surface area contributed by atoms with Gasteiger partial charge < -0.3 is 28.3 Å². The predicted molar refractivity (Wildman–Crippen MR) is 143 cm³/mol. The molecule has 1 aliphatic heterocycles. The molecule has 0 radical (unpaired) electrons. The summed E-state index contributed by atoms with van der Waals surface area (Å²) in [5.74, 6) is -1.15. The molecule has 0 amide bonds. The first-order chi connectivity index (χ1) is 17.9. The monoisotopic (exact) mass is 548 g/mol. The highest BCUT2D eigenvalue weighted by Crippen LogP contribution is 2.65. The van der Waals surface area contributed by atoms with E-state index in [9.17, 15) is 9.59 Å². The van der Waals surface area contributed by atoms with Gasteiger partial charge in [0.2, 0.25) is 0 Å². The first-order valence-electron chi connectivity index (χ1n) is 13.7.